The van der Waals surface area contributed by atoms with E-state index in [4.69, 9.17) is 0 Å². The summed E-state index contributed by atoms with van der Waals surface area (Å²) in [5, 5.41) is 34.5. The number of hydrogen-bond acceptors (Lipinski definition) is 7. The first-order valence-electron chi connectivity index (χ1n) is 10.4. The van der Waals surface area contributed by atoms with Crippen LogP contribution < -0.4 is 15.4 Å². The van der Waals surface area contributed by atoms with Gasteiger partial charge in [-0.25, -0.2) is 4.79 Å². The average molecular weight is 473 g/mol. The maximum absolute atomic E-state index is 12.4. The van der Waals surface area contributed by atoms with E-state index in [0.29, 0.717) is 25.9 Å². The Bertz CT molecular complexity index is 826. The molecule has 1 aliphatic rings. The van der Waals surface area contributed by atoms with Gasteiger partial charge in [0, 0.05) is 13.1 Å². The lowest BCUT2D eigenvalue weighted by atomic mass is 9.94. The minimum atomic E-state index is -3.03. The Labute approximate surface area is 189 Å². The monoisotopic (exact) mass is 473 g/mol. The molecule has 33 heavy (non-hydrogen) atoms. The number of rotatable bonds is 10. The highest BCUT2D eigenvalue weighted by atomic mass is 19.3. The van der Waals surface area contributed by atoms with Gasteiger partial charge in [0.25, 0.3) is 0 Å². The number of ether oxygens (including phenoxy) is 1. The molecule has 1 aromatic carbocycles. The number of likely N-dealkylation sites (tertiary alicyclic amines) is 1. The number of hydrogen-bond donors (Lipinski definition) is 5. The quantitative estimate of drug-likeness (QED) is 0.325. The summed E-state index contributed by atoms with van der Waals surface area (Å²) in [6.07, 6.45) is -0.649. The Kier molecular flexibility index (Phi) is 9.08. The zero-order chi connectivity index (χ0) is 24.8. The van der Waals surface area contributed by atoms with Crippen LogP contribution in [0.15, 0.2) is 24.3 Å². The molecule has 1 aromatic rings. The fourth-order valence-corrected chi connectivity index (χ4v) is 3.34. The molecule has 0 unspecified atom stereocenters. The molecule has 1 aliphatic heterocycles. The van der Waals surface area contributed by atoms with Gasteiger partial charge in [-0.2, -0.15) is 8.78 Å². The average Bonchev–Trinajstić information content (AvgIpc) is 2.72. The highest BCUT2D eigenvalue weighted by molar-refractivity contribution is 5.90. The second-order valence-electron chi connectivity index (χ2n) is 8.28. The molecule has 12 heteroatoms. The molecule has 0 radical (unpaired) electrons. The lowest BCUT2D eigenvalue weighted by Gasteiger charge is -2.35. The molecule has 0 aromatic heterocycles. The van der Waals surface area contributed by atoms with Gasteiger partial charge in [-0.05, 0) is 44.4 Å². The van der Waals surface area contributed by atoms with Crippen molar-refractivity contribution in [3.05, 3.63) is 29.8 Å². The molecular weight excluding hydrogens is 444 g/mol. The zero-order valence-corrected chi connectivity index (χ0v) is 18.3. The number of carbonyl (C=O) groups excluding carboxylic acids is 2. The Hall–Kier alpha value is -2.83. The van der Waals surface area contributed by atoms with Crippen molar-refractivity contribution in [1.29, 1.82) is 0 Å². The molecule has 2 rings (SSSR count). The number of nitrogens with zero attached hydrogens (tertiary/aromatic N) is 1. The number of aliphatic carboxylic acids is 1. The van der Waals surface area contributed by atoms with Gasteiger partial charge in [0.15, 0.2) is 6.04 Å². The minimum absolute atomic E-state index is 0.0196. The molecule has 0 spiro atoms. The SMILES string of the molecule is C[C@H](NC(=O)CN1CCC(C)(O)CC1)C(=O)N[C@H](C(=O)O)[C@H](O)c1ccc(OC(F)F)cc1. The molecule has 1 saturated heterocycles. The van der Waals surface area contributed by atoms with E-state index in [9.17, 15) is 38.5 Å². The number of alkyl halides is 2. The number of carbonyl (C=O) groups is 3. The molecule has 0 saturated carbocycles. The second kappa shape index (κ2) is 11.3. The lowest BCUT2D eigenvalue weighted by molar-refractivity contribution is -0.145. The summed E-state index contributed by atoms with van der Waals surface area (Å²) < 4.78 is 28.7. The fourth-order valence-electron chi connectivity index (χ4n) is 3.34. The first kappa shape index (κ1) is 26.4. The maximum Gasteiger partial charge on any atom is 0.387 e. The molecular formula is C21H29F2N3O7. The first-order valence-corrected chi connectivity index (χ1v) is 10.4. The van der Waals surface area contributed by atoms with E-state index in [-0.39, 0.29) is 17.9 Å². The normalized spacial score (nSPS) is 18.8. The van der Waals surface area contributed by atoms with Crippen LogP contribution >= 0.6 is 0 Å². The van der Waals surface area contributed by atoms with Crippen LogP contribution in [0, 0.1) is 0 Å². The number of piperidine rings is 1. The number of aliphatic hydroxyl groups excluding tert-OH is 1. The van der Waals surface area contributed by atoms with Gasteiger partial charge in [0.05, 0.1) is 12.1 Å². The van der Waals surface area contributed by atoms with Crippen molar-refractivity contribution < 1.29 is 43.2 Å². The Morgan fingerprint density at radius 2 is 1.73 bits per heavy atom. The largest absolute Gasteiger partial charge is 0.480 e. The van der Waals surface area contributed by atoms with Crippen LogP contribution in [0.5, 0.6) is 5.75 Å². The van der Waals surface area contributed by atoms with Gasteiger partial charge >= 0.3 is 12.6 Å². The molecule has 0 aliphatic carbocycles. The molecule has 1 heterocycles. The predicted octanol–water partition coefficient (Wildman–Crippen LogP) is 0.242. The van der Waals surface area contributed by atoms with E-state index in [1.54, 1.807) is 6.92 Å². The van der Waals surface area contributed by atoms with Crippen LogP contribution in [0.2, 0.25) is 0 Å². The lowest BCUT2D eigenvalue weighted by Crippen LogP contribution is -2.54. The van der Waals surface area contributed by atoms with Crippen molar-refractivity contribution in [1.82, 2.24) is 15.5 Å². The van der Waals surface area contributed by atoms with Crippen molar-refractivity contribution >= 4 is 17.8 Å². The third kappa shape index (κ3) is 8.22. The van der Waals surface area contributed by atoms with Gasteiger partial charge in [0.1, 0.15) is 17.9 Å². The molecule has 0 bridgehead atoms. The van der Waals surface area contributed by atoms with Crippen molar-refractivity contribution in [2.24, 2.45) is 0 Å². The number of carboxylic acids is 1. The van der Waals surface area contributed by atoms with E-state index in [1.807, 2.05) is 4.90 Å². The van der Waals surface area contributed by atoms with Crippen LogP contribution in [0.25, 0.3) is 0 Å². The van der Waals surface area contributed by atoms with Gasteiger partial charge in [-0.1, -0.05) is 12.1 Å². The number of aliphatic hydroxyl groups is 2. The van der Waals surface area contributed by atoms with Crippen molar-refractivity contribution in [2.75, 3.05) is 19.6 Å². The Morgan fingerprint density at radius 3 is 2.24 bits per heavy atom. The van der Waals surface area contributed by atoms with Crippen molar-refractivity contribution in [2.45, 2.75) is 57.1 Å². The van der Waals surface area contributed by atoms with Gasteiger partial charge in [-0.3, -0.25) is 14.5 Å². The molecule has 10 nitrogen and oxygen atoms in total. The fraction of sp³-hybridized carbons (Fsp3) is 0.571. The highest BCUT2D eigenvalue weighted by Gasteiger charge is 2.32. The minimum Gasteiger partial charge on any atom is -0.480 e. The molecule has 2 amide bonds. The summed E-state index contributed by atoms with van der Waals surface area (Å²) in [4.78, 5) is 38.1. The Balaban J connectivity index is 1.91. The van der Waals surface area contributed by atoms with Crippen LogP contribution in [0.1, 0.15) is 38.4 Å². The summed E-state index contributed by atoms with van der Waals surface area (Å²) in [6.45, 7) is 1.13. The number of benzene rings is 1. The second-order valence-corrected chi connectivity index (χ2v) is 8.28. The topological polar surface area (TPSA) is 148 Å². The van der Waals surface area contributed by atoms with Crippen LogP contribution in [0.3, 0.4) is 0 Å². The van der Waals surface area contributed by atoms with E-state index < -0.39 is 48.2 Å². The summed E-state index contributed by atoms with van der Waals surface area (Å²) in [7, 11) is 0. The van der Waals surface area contributed by atoms with Crippen LogP contribution in [-0.2, 0) is 14.4 Å². The standard InChI is InChI=1S/C21H29F2N3O7/c1-12(24-15(27)11-26-9-7-21(2,32)8-10-26)18(29)25-16(19(30)31)17(28)13-3-5-14(6-4-13)33-20(22)23/h3-6,12,16-17,20,28,32H,7-11H2,1-2H3,(H,24,27)(H,25,29)(H,30,31)/t12-,16-,17+/m0/s1. The van der Waals surface area contributed by atoms with Gasteiger partial charge < -0.3 is 30.7 Å². The van der Waals surface area contributed by atoms with Crippen LogP contribution in [-0.4, -0.2) is 81.9 Å². The number of halogens is 2. The molecule has 184 valence electrons. The number of carboxylic acid groups (broad SMARTS) is 1. The number of nitrogens with one attached hydrogen (secondary N) is 2. The van der Waals surface area contributed by atoms with Crippen molar-refractivity contribution in [3.63, 3.8) is 0 Å². The maximum atomic E-state index is 12.4. The Morgan fingerprint density at radius 1 is 1.15 bits per heavy atom. The molecule has 1 fully saturated rings. The third-order valence-corrected chi connectivity index (χ3v) is 5.40. The third-order valence-electron chi connectivity index (χ3n) is 5.40. The zero-order valence-electron chi connectivity index (χ0n) is 18.3. The van der Waals surface area contributed by atoms with E-state index in [2.05, 4.69) is 15.4 Å². The predicted molar refractivity (Wildman–Crippen MR) is 112 cm³/mol. The van der Waals surface area contributed by atoms with E-state index in [0.717, 1.165) is 12.1 Å². The summed E-state index contributed by atoms with van der Waals surface area (Å²) >= 11 is 0. The smallest absolute Gasteiger partial charge is 0.387 e. The van der Waals surface area contributed by atoms with Crippen LogP contribution in [0.4, 0.5) is 8.78 Å². The first-order chi connectivity index (χ1) is 15.4. The van der Waals surface area contributed by atoms with Gasteiger partial charge in [-0.15, -0.1) is 0 Å². The molecule has 5 N–H and O–H groups in total. The summed E-state index contributed by atoms with van der Waals surface area (Å²) in [6, 6.07) is 1.84. The van der Waals surface area contributed by atoms with Crippen molar-refractivity contribution in [3.8, 4) is 5.75 Å². The summed E-state index contributed by atoms with van der Waals surface area (Å²) in [5.41, 5.74) is -0.703. The van der Waals surface area contributed by atoms with E-state index >= 15 is 0 Å². The number of amides is 2. The molecule has 3 atom stereocenters. The van der Waals surface area contributed by atoms with Gasteiger partial charge in [0.2, 0.25) is 11.8 Å². The van der Waals surface area contributed by atoms with E-state index in [1.165, 1.54) is 19.1 Å². The summed E-state index contributed by atoms with van der Waals surface area (Å²) in [5.74, 6) is -2.97. The highest BCUT2D eigenvalue weighted by Crippen LogP contribution is 2.22.